The van der Waals surface area contributed by atoms with Gasteiger partial charge in [0.1, 0.15) is 0 Å². The van der Waals surface area contributed by atoms with Gasteiger partial charge < -0.3 is 5.32 Å². The molecule has 1 amide bonds. The Morgan fingerprint density at radius 1 is 1.00 bits per heavy atom. The number of hydrogen-bond donors (Lipinski definition) is 1. The zero-order valence-corrected chi connectivity index (χ0v) is 12.1. The molecule has 3 heteroatoms. The van der Waals surface area contributed by atoms with Gasteiger partial charge in [-0.05, 0) is 60.1 Å². The van der Waals surface area contributed by atoms with Crippen molar-refractivity contribution in [3.63, 3.8) is 0 Å². The van der Waals surface area contributed by atoms with Gasteiger partial charge in [0.15, 0.2) is 0 Å². The van der Waals surface area contributed by atoms with E-state index in [1.807, 2.05) is 12.1 Å². The molecule has 21 heavy (non-hydrogen) atoms. The predicted molar refractivity (Wildman–Crippen MR) is 82.9 cm³/mol. The third kappa shape index (κ3) is 3.69. The molecular weight excluding hydrogens is 260 g/mol. The van der Waals surface area contributed by atoms with Crippen molar-refractivity contribution in [3.05, 3.63) is 65.0 Å². The maximum atomic E-state index is 12.0. The van der Waals surface area contributed by atoms with Gasteiger partial charge in [-0.15, -0.1) is 0 Å². The molecule has 1 heterocycles. The van der Waals surface area contributed by atoms with Crippen LogP contribution in [0.4, 0.5) is 0 Å². The Bertz CT molecular complexity index is 622. The Hall–Kier alpha value is -2.16. The van der Waals surface area contributed by atoms with Gasteiger partial charge >= 0.3 is 0 Å². The number of aromatic nitrogens is 1. The fourth-order valence-electron chi connectivity index (χ4n) is 2.85. The third-order valence-corrected chi connectivity index (χ3v) is 4.02. The topological polar surface area (TPSA) is 42.0 Å². The summed E-state index contributed by atoms with van der Waals surface area (Å²) < 4.78 is 0. The third-order valence-electron chi connectivity index (χ3n) is 4.02. The van der Waals surface area contributed by atoms with Crippen molar-refractivity contribution in [3.8, 4) is 0 Å². The normalized spacial score (nSPS) is 13.5. The lowest BCUT2D eigenvalue weighted by Crippen LogP contribution is -2.24. The molecule has 0 atom stereocenters. The van der Waals surface area contributed by atoms with E-state index in [1.165, 1.54) is 30.4 Å². The zero-order chi connectivity index (χ0) is 14.5. The second-order valence-electron chi connectivity index (χ2n) is 5.62. The van der Waals surface area contributed by atoms with Gasteiger partial charge in [-0.25, -0.2) is 0 Å². The first-order valence-corrected chi connectivity index (χ1v) is 7.57. The Kier molecular flexibility index (Phi) is 4.29. The van der Waals surface area contributed by atoms with E-state index in [9.17, 15) is 4.79 Å². The van der Waals surface area contributed by atoms with Crippen LogP contribution in [0.5, 0.6) is 0 Å². The van der Waals surface area contributed by atoms with Crippen LogP contribution >= 0.6 is 0 Å². The number of amides is 1. The maximum Gasteiger partial charge on any atom is 0.224 e. The molecule has 1 aromatic heterocycles. The molecule has 0 spiro atoms. The molecule has 1 aliphatic rings. The molecule has 0 fully saturated rings. The van der Waals surface area contributed by atoms with Crippen molar-refractivity contribution < 1.29 is 4.79 Å². The van der Waals surface area contributed by atoms with Gasteiger partial charge in [0.25, 0.3) is 0 Å². The second kappa shape index (κ2) is 6.53. The highest BCUT2D eigenvalue weighted by Crippen LogP contribution is 2.22. The number of carbonyl (C=O) groups excluding carboxylic acids is 1. The van der Waals surface area contributed by atoms with Crippen LogP contribution in [0.15, 0.2) is 42.7 Å². The highest BCUT2D eigenvalue weighted by atomic mass is 16.1. The fourth-order valence-corrected chi connectivity index (χ4v) is 2.85. The van der Waals surface area contributed by atoms with Crippen molar-refractivity contribution in [2.75, 3.05) is 0 Å². The Balaban J connectivity index is 1.57. The van der Waals surface area contributed by atoms with Crippen LogP contribution in [-0.2, 0) is 30.6 Å². The Morgan fingerprint density at radius 2 is 1.76 bits per heavy atom. The largest absolute Gasteiger partial charge is 0.352 e. The number of benzene rings is 1. The lowest BCUT2D eigenvalue weighted by Gasteiger charge is -2.16. The van der Waals surface area contributed by atoms with Gasteiger partial charge in [-0.2, -0.15) is 0 Å². The van der Waals surface area contributed by atoms with E-state index in [0.29, 0.717) is 13.0 Å². The lowest BCUT2D eigenvalue weighted by molar-refractivity contribution is -0.120. The highest BCUT2D eigenvalue weighted by molar-refractivity contribution is 5.78. The summed E-state index contributed by atoms with van der Waals surface area (Å²) in [5.74, 6) is 0.0718. The van der Waals surface area contributed by atoms with Crippen LogP contribution < -0.4 is 5.32 Å². The number of fused-ring (bicyclic) bond motifs is 1. The first-order valence-electron chi connectivity index (χ1n) is 7.57. The fraction of sp³-hybridized carbons (Fsp3) is 0.333. The van der Waals surface area contributed by atoms with E-state index in [1.54, 1.807) is 12.4 Å². The summed E-state index contributed by atoms with van der Waals surface area (Å²) in [6.45, 7) is 0.562. The predicted octanol–water partition coefficient (Wildman–Crippen LogP) is 2.82. The first kappa shape index (κ1) is 13.8. The summed E-state index contributed by atoms with van der Waals surface area (Å²) in [4.78, 5) is 16.0. The molecule has 0 saturated carbocycles. The summed E-state index contributed by atoms with van der Waals surface area (Å²) in [6, 6.07) is 10.3. The van der Waals surface area contributed by atoms with Crippen LogP contribution in [0.3, 0.4) is 0 Å². The molecule has 1 N–H and O–H groups in total. The monoisotopic (exact) mass is 280 g/mol. The van der Waals surface area contributed by atoms with Crippen molar-refractivity contribution in [2.24, 2.45) is 0 Å². The zero-order valence-electron chi connectivity index (χ0n) is 12.1. The first-order chi connectivity index (χ1) is 10.3. The number of aryl methyl sites for hydroxylation is 2. The van der Waals surface area contributed by atoms with E-state index in [-0.39, 0.29) is 5.91 Å². The molecule has 1 aromatic carbocycles. The standard InChI is InChI=1S/C18H20N2O/c21-18(20-13-14-7-9-19-10-8-14)12-15-5-6-16-3-1-2-4-17(16)11-15/h5-11H,1-4,12-13H2,(H,20,21). The minimum Gasteiger partial charge on any atom is -0.352 e. The number of pyridine rings is 1. The van der Waals surface area contributed by atoms with Gasteiger partial charge in [-0.3, -0.25) is 9.78 Å². The molecule has 0 saturated heterocycles. The number of nitrogens with zero attached hydrogens (tertiary/aromatic N) is 1. The summed E-state index contributed by atoms with van der Waals surface area (Å²) in [6.07, 6.45) is 8.84. The SMILES string of the molecule is O=C(Cc1ccc2c(c1)CCCC2)NCc1ccncc1. The molecule has 0 bridgehead atoms. The molecule has 1 aliphatic carbocycles. The minimum absolute atomic E-state index is 0.0718. The average Bonchev–Trinajstić information content (AvgIpc) is 2.54. The summed E-state index contributed by atoms with van der Waals surface area (Å²) in [5, 5.41) is 2.96. The van der Waals surface area contributed by atoms with Crippen molar-refractivity contribution in [1.82, 2.24) is 10.3 Å². The average molecular weight is 280 g/mol. The minimum atomic E-state index is 0.0718. The lowest BCUT2D eigenvalue weighted by atomic mass is 9.90. The van der Waals surface area contributed by atoms with Gasteiger partial charge in [-0.1, -0.05) is 18.2 Å². The molecule has 0 radical (unpaired) electrons. The Morgan fingerprint density at radius 3 is 2.57 bits per heavy atom. The van der Waals surface area contributed by atoms with E-state index < -0.39 is 0 Å². The summed E-state index contributed by atoms with van der Waals surface area (Å²) in [7, 11) is 0. The van der Waals surface area contributed by atoms with E-state index >= 15 is 0 Å². The number of rotatable bonds is 4. The van der Waals surface area contributed by atoms with E-state index in [0.717, 1.165) is 17.5 Å². The van der Waals surface area contributed by atoms with Crippen LogP contribution in [-0.4, -0.2) is 10.9 Å². The van der Waals surface area contributed by atoms with Crippen molar-refractivity contribution >= 4 is 5.91 Å². The summed E-state index contributed by atoms with van der Waals surface area (Å²) >= 11 is 0. The summed E-state index contributed by atoms with van der Waals surface area (Å²) in [5.41, 5.74) is 5.08. The highest BCUT2D eigenvalue weighted by Gasteiger charge is 2.11. The Labute approximate surface area is 125 Å². The van der Waals surface area contributed by atoms with Crippen LogP contribution in [0.1, 0.15) is 35.1 Å². The number of hydrogen-bond acceptors (Lipinski definition) is 2. The van der Waals surface area contributed by atoms with Crippen LogP contribution in [0, 0.1) is 0 Å². The quantitative estimate of drug-likeness (QED) is 0.935. The molecule has 3 nitrogen and oxygen atoms in total. The van der Waals surface area contributed by atoms with Gasteiger partial charge in [0, 0.05) is 18.9 Å². The van der Waals surface area contributed by atoms with E-state index in [2.05, 4.69) is 28.5 Å². The number of nitrogens with one attached hydrogen (secondary N) is 1. The number of carbonyl (C=O) groups is 1. The van der Waals surface area contributed by atoms with Gasteiger partial charge in [0.2, 0.25) is 5.91 Å². The molecule has 0 aliphatic heterocycles. The second-order valence-corrected chi connectivity index (χ2v) is 5.62. The smallest absolute Gasteiger partial charge is 0.224 e. The molecule has 2 aromatic rings. The molecule has 0 unspecified atom stereocenters. The molecule has 108 valence electrons. The van der Waals surface area contributed by atoms with Crippen molar-refractivity contribution in [1.29, 1.82) is 0 Å². The van der Waals surface area contributed by atoms with Crippen molar-refractivity contribution in [2.45, 2.75) is 38.6 Å². The van der Waals surface area contributed by atoms with E-state index in [4.69, 9.17) is 0 Å². The maximum absolute atomic E-state index is 12.0. The van der Waals surface area contributed by atoms with Gasteiger partial charge in [0.05, 0.1) is 6.42 Å². The molecule has 3 rings (SSSR count). The van der Waals surface area contributed by atoms with Crippen LogP contribution in [0.25, 0.3) is 0 Å². The molecular formula is C18H20N2O. The van der Waals surface area contributed by atoms with Crippen LogP contribution in [0.2, 0.25) is 0 Å².